The van der Waals surface area contributed by atoms with Crippen molar-refractivity contribution in [3.63, 3.8) is 0 Å². The number of halogens is 1. The van der Waals surface area contributed by atoms with Crippen LogP contribution >= 0.6 is 15.9 Å². The van der Waals surface area contributed by atoms with E-state index in [9.17, 15) is 9.59 Å². The third-order valence-electron chi connectivity index (χ3n) is 2.43. The second-order valence-corrected chi connectivity index (χ2v) is 4.18. The Morgan fingerprint density at radius 1 is 1.80 bits per heavy atom. The molecular weight excluding hydrogens is 262 g/mol. The van der Waals surface area contributed by atoms with Crippen molar-refractivity contribution in [2.45, 2.75) is 18.9 Å². The minimum Gasteiger partial charge on any atom is -0.480 e. The summed E-state index contributed by atoms with van der Waals surface area (Å²) in [5.74, 6) is 1.33. The molecule has 1 aliphatic rings. The van der Waals surface area contributed by atoms with E-state index in [2.05, 4.69) is 21.9 Å². The Morgan fingerprint density at radius 2 is 2.47 bits per heavy atom. The molecule has 1 fully saturated rings. The van der Waals surface area contributed by atoms with Crippen LogP contribution in [0.5, 0.6) is 0 Å². The van der Waals surface area contributed by atoms with Crippen LogP contribution in [0.2, 0.25) is 0 Å². The zero-order chi connectivity index (χ0) is 11.4. The molecule has 0 aromatic carbocycles. The van der Waals surface area contributed by atoms with E-state index in [-0.39, 0.29) is 18.2 Å². The van der Waals surface area contributed by atoms with Crippen molar-refractivity contribution in [3.05, 3.63) is 0 Å². The number of terminal acetylenes is 1. The topological polar surface area (TPSA) is 57.6 Å². The molecule has 1 amide bonds. The predicted molar refractivity (Wildman–Crippen MR) is 58.5 cm³/mol. The van der Waals surface area contributed by atoms with Crippen LogP contribution in [0.4, 0.5) is 0 Å². The van der Waals surface area contributed by atoms with E-state index in [0.29, 0.717) is 18.3 Å². The van der Waals surface area contributed by atoms with Crippen LogP contribution in [0.15, 0.2) is 0 Å². The highest BCUT2D eigenvalue weighted by atomic mass is 79.9. The van der Waals surface area contributed by atoms with Gasteiger partial charge in [-0.05, 0) is 5.92 Å². The van der Waals surface area contributed by atoms with Crippen LogP contribution in [0, 0.1) is 18.3 Å². The van der Waals surface area contributed by atoms with E-state index in [1.807, 2.05) is 0 Å². The molecule has 0 saturated carbocycles. The molecule has 0 aromatic rings. The second kappa shape index (κ2) is 5.17. The summed E-state index contributed by atoms with van der Waals surface area (Å²) in [6.45, 7) is 0.475. The number of carboxylic acids is 1. The summed E-state index contributed by atoms with van der Waals surface area (Å²) >= 11 is 3.29. The molecule has 0 aromatic heterocycles. The maximum atomic E-state index is 11.5. The normalized spacial score (nSPS) is 22.5. The third kappa shape index (κ3) is 2.72. The predicted octanol–water partition coefficient (Wildman–Crippen LogP) is 0.706. The van der Waals surface area contributed by atoms with Crippen molar-refractivity contribution in [3.8, 4) is 12.3 Å². The molecule has 4 nitrogen and oxygen atoms in total. The number of hydrogen-bond acceptors (Lipinski definition) is 2. The first-order valence-corrected chi connectivity index (χ1v) is 5.74. The Morgan fingerprint density at radius 3 is 2.87 bits per heavy atom. The molecule has 1 unspecified atom stereocenters. The number of alkyl halides is 1. The maximum absolute atomic E-state index is 11.5. The number of likely N-dealkylation sites (tertiary alicyclic amines) is 1. The minimum atomic E-state index is -1.03. The molecule has 15 heavy (non-hydrogen) atoms. The molecule has 0 spiro atoms. The fourth-order valence-corrected chi connectivity index (χ4v) is 2.09. The Labute approximate surface area is 96.8 Å². The second-order valence-electron chi connectivity index (χ2n) is 3.53. The molecule has 2 atom stereocenters. The monoisotopic (exact) mass is 273 g/mol. The lowest BCUT2D eigenvalue weighted by Gasteiger charge is -2.22. The maximum Gasteiger partial charge on any atom is 0.327 e. The molecule has 1 rings (SSSR count). The van der Waals surface area contributed by atoms with Crippen LogP contribution in [0.3, 0.4) is 0 Å². The Hall–Kier alpha value is -1.02. The molecule has 1 N–H and O–H groups in total. The molecule has 0 radical (unpaired) electrons. The van der Waals surface area contributed by atoms with E-state index < -0.39 is 12.0 Å². The van der Waals surface area contributed by atoms with Crippen molar-refractivity contribution < 1.29 is 14.7 Å². The van der Waals surface area contributed by atoms with Gasteiger partial charge in [0.15, 0.2) is 0 Å². The zero-order valence-corrected chi connectivity index (χ0v) is 9.74. The van der Waals surface area contributed by atoms with Crippen molar-refractivity contribution in [1.82, 2.24) is 4.90 Å². The van der Waals surface area contributed by atoms with E-state index in [0.717, 1.165) is 0 Å². The summed E-state index contributed by atoms with van der Waals surface area (Å²) in [6, 6.07) is -0.869. The fraction of sp³-hybridized carbons (Fsp3) is 0.600. The quantitative estimate of drug-likeness (QED) is 0.606. The summed E-state index contributed by atoms with van der Waals surface area (Å²) in [5, 5.41) is 9.65. The highest BCUT2D eigenvalue weighted by Crippen LogP contribution is 2.22. The molecule has 82 valence electrons. The van der Waals surface area contributed by atoms with Gasteiger partial charge in [0.2, 0.25) is 5.91 Å². The smallest absolute Gasteiger partial charge is 0.327 e. The van der Waals surface area contributed by atoms with Gasteiger partial charge < -0.3 is 10.0 Å². The fourth-order valence-electron chi connectivity index (χ4n) is 1.66. The van der Waals surface area contributed by atoms with Gasteiger partial charge in [-0.1, -0.05) is 15.9 Å². The van der Waals surface area contributed by atoms with Gasteiger partial charge in [0, 0.05) is 24.7 Å². The van der Waals surface area contributed by atoms with Crippen LogP contribution in [0.1, 0.15) is 12.8 Å². The number of carbonyl (C=O) groups excluding carboxylic acids is 1. The molecule has 1 heterocycles. The Kier molecular flexibility index (Phi) is 4.15. The first kappa shape index (κ1) is 12.1. The molecular formula is C10H12BrNO3. The van der Waals surface area contributed by atoms with E-state index >= 15 is 0 Å². The molecule has 1 saturated heterocycles. The lowest BCUT2D eigenvalue weighted by molar-refractivity contribution is -0.148. The van der Waals surface area contributed by atoms with Gasteiger partial charge in [0.05, 0.1) is 0 Å². The SMILES string of the molecule is C#CC[C@@H](C(=O)O)N1CC(CBr)CC1=O. The number of aliphatic carboxylic acids is 1. The molecule has 1 aliphatic heterocycles. The first-order chi connectivity index (χ1) is 7.10. The summed E-state index contributed by atoms with van der Waals surface area (Å²) in [4.78, 5) is 23.8. The lowest BCUT2D eigenvalue weighted by atomic mass is 10.1. The number of nitrogens with zero attached hydrogens (tertiary/aromatic N) is 1. The third-order valence-corrected chi connectivity index (χ3v) is 3.34. The van der Waals surface area contributed by atoms with Crippen molar-refractivity contribution in [1.29, 1.82) is 0 Å². The van der Waals surface area contributed by atoms with Crippen LogP contribution in [-0.2, 0) is 9.59 Å². The average molecular weight is 274 g/mol. The lowest BCUT2D eigenvalue weighted by Crippen LogP contribution is -2.42. The van der Waals surface area contributed by atoms with Crippen LogP contribution in [0.25, 0.3) is 0 Å². The number of hydrogen-bond donors (Lipinski definition) is 1. The van der Waals surface area contributed by atoms with Gasteiger partial charge in [-0.25, -0.2) is 4.79 Å². The Balaban J connectivity index is 2.73. The van der Waals surface area contributed by atoms with Gasteiger partial charge >= 0.3 is 5.97 Å². The van der Waals surface area contributed by atoms with Crippen molar-refractivity contribution >= 4 is 27.8 Å². The number of rotatable bonds is 4. The largest absolute Gasteiger partial charge is 0.480 e. The van der Waals surface area contributed by atoms with Gasteiger partial charge in [0.1, 0.15) is 6.04 Å². The molecule has 0 aliphatic carbocycles. The Bertz CT molecular complexity index is 310. The standard InChI is InChI=1S/C10H12BrNO3/c1-2-3-8(10(14)15)12-6-7(5-11)4-9(12)13/h1,7-8H,3-6H2,(H,14,15)/t7?,8-/m0/s1. The summed E-state index contributed by atoms with van der Waals surface area (Å²) in [5.41, 5.74) is 0. The number of amides is 1. The van der Waals surface area contributed by atoms with E-state index in [4.69, 9.17) is 11.5 Å². The van der Waals surface area contributed by atoms with Crippen LogP contribution < -0.4 is 0 Å². The highest BCUT2D eigenvalue weighted by Gasteiger charge is 2.36. The van der Waals surface area contributed by atoms with Crippen LogP contribution in [-0.4, -0.2) is 39.8 Å². The summed E-state index contributed by atoms with van der Waals surface area (Å²) in [7, 11) is 0. The highest BCUT2D eigenvalue weighted by molar-refractivity contribution is 9.09. The summed E-state index contributed by atoms with van der Waals surface area (Å²) in [6.07, 6.45) is 5.55. The first-order valence-electron chi connectivity index (χ1n) is 4.61. The van der Waals surface area contributed by atoms with Crippen molar-refractivity contribution in [2.24, 2.45) is 5.92 Å². The zero-order valence-electron chi connectivity index (χ0n) is 8.15. The van der Waals surface area contributed by atoms with E-state index in [1.165, 1.54) is 4.90 Å². The average Bonchev–Trinajstić information content (AvgIpc) is 2.55. The summed E-state index contributed by atoms with van der Waals surface area (Å²) < 4.78 is 0. The van der Waals surface area contributed by atoms with Gasteiger partial charge in [-0.2, -0.15) is 0 Å². The van der Waals surface area contributed by atoms with Gasteiger partial charge in [-0.15, -0.1) is 12.3 Å². The van der Waals surface area contributed by atoms with E-state index in [1.54, 1.807) is 0 Å². The van der Waals surface area contributed by atoms with Gasteiger partial charge in [0.25, 0.3) is 0 Å². The number of carboxylic acid groups (broad SMARTS) is 1. The molecule has 5 heteroatoms. The minimum absolute atomic E-state index is 0.0656. The van der Waals surface area contributed by atoms with Crippen molar-refractivity contribution in [2.75, 3.05) is 11.9 Å². The number of carbonyl (C=O) groups is 2. The molecule has 0 bridgehead atoms. The van der Waals surface area contributed by atoms with Gasteiger partial charge in [-0.3, -0.25) is 4.79 Å².